The zero-order valence-electron chi connectivity index (χ0n) is 7.25. The predicted molar refractivity (Wildman–Crippen MR) is 47.5 cm³/mol. The highest BCUT2D eigenvalue weighted by Gasteiger charge is 2.00. The molecule has 0 aromatic heterocycles. The minimum absolute atomic E-state index is 0.260. The lowest BCUT2D eigenvalue weighted by Crippen LogP contribution is -2.03. The molecule has 64 valence electrons. The van der Waals surface area contributed by atoms with E-state index in [1.165, 1.54) is 19.3 Å². The fourth-order valence-electron chi connectivity index (χ4n) is 0.921. The van der Waals surface area contributed by atoms with Crippen LogP contribution in [-0.2, 0) is 4.84 Å². The fraction of sp³-hybridized carbons (Fsp3) is 0.778. The molecule has 0 saturated carbocycles. The van der Waals surface area contributed by atoms with E-state index >= 15 is 0 Å². The van der Waals surface area contributed by atoms with E-state index in [9.17, 15) is 0 Å². The largest absolute Gasteiger partial charge is 0.393 e. The van der Waals surface area contributed by atoms with E-state index in [2.05, 4.69) is 18.8 Å². The summed E-state index contributed by atoms with van der Waals surface area (Å²) >= 11 is 0. The normalized spacial score (nSPS) is 12.5. The second kappa shape index (κ2) is 7.58. The van der Waals surface area contributed by atoms with Gasteiger partial charge in [-0.15, -0.1) is 5.16 Å². The highest BCUT2D eigenvalue weighted by atomic mass is 16.6. The number of oxime groups is 1. The SMILES string of the molecule is [CH]C(CCCCCC)ON=C. The Labute approximate surface area is 69.6 Å². The van der Waals surface area contributed by atoms with Gasteiger partial charge in [-0.1, -0.05) is 26.2 Å². The van der Waals surface area contributed by atoms with Crippen molar-refractivity contribution in [2.24, 2.45) is 5.16 Å². The second-order valence-corrected chi connectivity index (χ2v) is 2.62. The summed E-state index contributed by atoms with van der Waals surface area (Å²) in [6.45, 7) is 10.9. The fourth-order valence-corrected chi connectivity index (χ4v) is 0.921. The van der Waals surface area contributed by atoms with Crippen LogP contribution >= 0.6 is 0 Å². The molecule has 0 saturated heterocycles. The molecular formula is C9H17NO. The van der Waals surface area contributed by atoms with Crippen molar-refractivity contribution in [1.82, 2.24) is 0 Å². The van der Waals surface area contributed by atoms with Crippen LogP contribution in [-0.4, -0.2) is 12.8 Å². The third-order valence-corrected chi connectivity index (χ3v) is 1.55. The quantitative estimate of drug-likeness (QED) is 0.314. The summed E-state index contributed by atoms with van der Waals surface area (Å²) in [6.07, 6.45) is 5.47. The first-order valence-corrected chi connectivity index (χ1v) is 4.18. The summed E-state index contributed by atoms with van der Waals surface area (Å²) in [5.41, 5.74) is 0. The van der Waals surface area contributed by atoms with Crippen LogP contribution in [0.1, 0.15) is 39.0 Å². The van der Waals surface area contributed by atoms with Gasteiger partial charge in [0.2, 0.25) is 0 Å². The standard InChI is InChI=1S/C9H17NO/c1-4-5-6-7-8-9(2)11-10-3/h2,9H,3-8H2,1H3. The molecule has 1 unspecified atom stereocenters. The van der Waals surface area contributed by atoms with E-state index in [0.29, 0.717) is 0 Å². The molecule has 0 bridgehead atoms. The Balaban J connectivity index is 3.03. The Morgan fingerprint density at radius 3 is 2.73 bits per heavy atom. The van der Waals surface area contributed by atoms with Gasteiger partial charge >= 0.3 is 0 Å². The number of hydrogen-bond donors (Lipinski definition) is 0. The second-order valence-electron chi connectivity index (χ2n) is 2.62. The molecule has 2 radical (unpaired) electrons. The van der Waals surface area contributed by atoms with Gasteiger partial charge in [-0.05, 0) is 12.8 Å². The first-order valence-electron chi connectivity index (χ1n) is 4.18. The van der Waals surface area contributed by atoms with Crippen LogP contribution in [0.3, 0.4) is 0 Å². The molecule has 0 aliphatic heterocycles. The van der Waals surface area contributed by atoms with Crippen LogP contribution in [0.4, 0.5) is 0 Å². The van der Waals surface area contributed by atoms with Crippen molar-refractivity contribution in [2.45, 2.75) is 45.1 Å². The van der Waals surface area contributed by atoms with Crippen molar-refractivity contribution in [3.8, 4) is 0 Å². The van der Waals surface area contributed by atoms with Crippen LogP contribution < -0.4 is 0 Å². The maximum Gasteiger partial charge on any atom is 0.131 e. The molecule has 0 amide bonds. The van der Waals surface area contributed by atoms with Gasteiger partial charge in [0.15, 0.2) is 0 Å². The van der Waals surface area contributed by atoms with Crippen molar-refractivity contribution in [3.05, 3.63) is 6.92 Å². The summed E-state index contributed by atoms with van der Waals surface area (Å²) in [7, 11) is 0. The van der Waals surface area contributed by atoms with Gasteiger partial charge in [-0.3, -0.25) is 0 Å². The van der Waals surface area contributed by atoms with Gasteiger partial charge in [-0.25, -0.2) is 0 Å². The third kappa shape index (κ3) is 7.37. The average Bonchev–Trinajstić information content (AvgIpc) is 1.99. The smallest absolute Gasteiger partial charge is 0.131 e. The number of rotatable bonds is 7. The molecule has 1 atom stereocenters. The Kier molecular flexibility index (Phi) is 7.21. The van der Waals surface area contributed by atoms with Crippen molar-refractivity contribution in [3.63, 3.8) is 0 Å². The Morgan fingerprint density at radius 1 is 1.45 bits per heavy atom. The highest BCUT2D eigenvalue weighted by molar-refractivity contribution is 5.21. The molecule has 0 rings (SSSR count). The van der Waals surface area contributed by atoms with E-state index in [1.54, 1.807) is 0 Å². The maximum absolute atomic E-state index is 5.51. The highest BCUT2D eigenvalue weighted by Crippen LogP contribution is 2.07. The monoisotopic (exact) mass is 155 g/mol. The van der Waals surface area contributed by atoms with Gasteiger partial charge in [-0.2, -0.15) is 0 Å². The molecule has 0 aromatic rings. The zero-order chi connectivity index (χ0) is 8.53. The summed E-state index contributed by atoms with van der Waals surface area (Å²) < 4.78 is 0. The Bertz CT molecular complexity index is 93.6. The molecule has 2 heteroatoms. The van der Waals surface area contributed by atoms with Crippen LogP contribution in [0.5, 0.6) is 0 Å². The minimum Gasteiger partial charge on any atom is -0.393 e. The van der Waals surface area contributed by atoms with Crippen molar-refractivity contribution in [2.75, 3.05) is 0 Å². The first kappa shape index (κ1) is 10.5. The molecule has 0 N–H and O–H groups in total. The Morgan fingerprint density at radius 2 is 2.18 bits per heavy atom. The van der Waals surface area contributed by atoms with Gasteiger partial charge in [0, 0.05) is 13.6 Å². The number of unbranched alkanes of at least 4 members (excludes halogenated alkanes) is 3. The van der Waals surface area contributed by atoms with Crippen LogP contribution in [0.15, 0.2) is 5.16 Å². The summed E-state index contributed by atoms with van der Waals surface area (Å²) in [6, 6.07) is 0. The van der Waals surface area contributed by atoms with E-state index in [1.807, 2.05) is 0 Å². The van der Waals surface area contributed by atoms with Crippen molar-refractivity contribution < 1.29 is 4.84 Å². The molecule has 0 aromatic carbocycles. The van der Waals surface area contributed by atoms with Gasteiger partial charge in [0.25, 0.3) is 0 Å². The lowest BCUT2D eigenvalue weighted by Gasteiger charge is -2.07. The van der Waals surface area contributed by atoms with Gasteiger partial charge < -0.3 is 4.84 Å². The van der Waals surface area contributed by atoms with Gasteiger partial charge in [0.1, 0.15) is 6.10 Å². The van der Waals surface area contributed by atoms with Crippen LogP contribution in [0, 0.1) is 6.92 Å². The summed E-state index contributed by atoms with van der Waals surface area (Å²) in [5, 5.41) is 3.26. The van der Waals surface area contributed by atoms with E-state index in [4.69, 9.17) is 11.8 Å². The summed E-state index contributed by atoms with van der Waals surface area (Å²) in [5.74, 6) is 0. The number of nitrogens with zero attached hydrogens (tertiary/aromatic N) is 1. The van der Waals surface area contributed by atoms with Crippen LogP contribution in [0.25, 0.3) is 0 Å². The maximum atomic E-state index is 5.51. The lowest BCUT2D eigenvalue weighted by molar-refractivity contribution is 0.0847. The molecule has 2 nitrogen and oxygen atoms in total. The first-order chi connectivity index (χ1) is 5.31. The zero-order valence-corrected chi connectivity index (χ0v) is 7.25. The average molecular weight is 155 g/mol. The lowest BCUT2D eigenvalue weighted by atomic mass is 10.1. The molecule has 0 spiro atoms. The van der Waals surface area contributed by atoms with Crippen molar-refractivity contribution in [1.29, 1.82) is 0 Å². The molecule has 0 aliphatic carbocycles. The van der Waals surface area contributed by atoms with Crippen LogP contribution in [0.2, 0.25) is 0 Å². The number of hydrogen-bond acceptors (Lipinski definition) is 2. The predicted octanol–water partition coefficient (Wildman–Crippen LogP) is 2.67. The molecule has 0 heterocycles. The topological polar surface area (TPSA) is 21.6 Å². The van der Waals surface area contributed by atoms with E-state index < -0.39 is 0 Å². The molecule has 0 fully saturated rings. The molecule has 0 aliphatic rings. The van der Waals surface area contributed by atoms with Crippen molar-refractivity contribution >= 4 is 6.72 Å². The van der Waals surface area contributed by atoms with Gasteiger partial charge in [0.05, 0.1) is 0 Å². The van der Waals surface area contributed by atoms with E-state index in [-0.39, 0.29) is 6.10 Å². The third-order valence-electron chi connectivity index (χ3n) is 1.55. The molecule has 11 heavy (non-hydrogen) atoms. The van der Waals surface area contributed by atoms with E-state index in [0.717, 1.165) is 12.8 Å². The Hall–Kier alpha value is -0.530. The molecular weight excluding hydrogens is 138 g/mol. The minimum atomic E-state index is -0.260. The summed E-state index contributed by atoms with van der Waals surface area (Å²) in [4.78, 5) is 4.71.